The minimum Gasteiger partial charge on any atom is -0.496 e. The number of methoxy groups -OCH3 is 1. The van der Waals surface area contributed by atoms with Crippen molar-refractivity contribution in [2.75, 3.05) is 7.11 Å². The standard InChI is InChI=1S/C24H23NO5/c1-16(2)30-24(27)21-13-19(18-11-7-8-12-22(18)28-3)20(14-25-21)23(26)29-15-17-9-5-4-6-10-17/h4-14,16H,15H2,1-3H3. The summed E-state index contributed by atoms with van der Waals surface area (Å²) in [5.41, 5.74) is 2.33. The molecule has 0 bridgehead atoms. The summed E-state index contributed by atoms with van der Waals surface area (Å²) in [5, 5.41) is 0. The van der Waals surface area contributed by atoms with E-state index in [9.17, 15) is 9.59 Å². The Morgan fingerprint density at radius 3 is 2.33 bits per heavy atom. The van der Waals surface area contributed by atoms with E-state index in [1.165, 1.54) is 12.3 Å². The average molecular weight is 405 g/mol. The lowest BCUT2D eigenvalue weighted by Gasteiger charge is -2.14. The molecule has 0 amide bonds. The van der Waals surface area contributed by atoms with Gasteiger partial charge in [0.1, 0.15) is 18.1 Å². The molecule has 0 saturated carbocycles. The molecule has 0 saturated heterocycles. The molecule has 0 fully saturated rings. The number of nitrogens with zero attached hydrogens (tertiary/aromatic N) is 1. The molecule has 0 atom stereocenters. The third-order valence-electron chi connectivity index (χ3n) is 4.29. The number of para-hydroxylation sites is 1. The maximum absolute atomic E-state index is 12.9. The van der Waals surface area contributed by atoms with Crippen molar-refractivity contribution >= 4 is 11.9 Å². The Morgan fingerprint density at radius 2 is 1.63 bits per heavy atom. The van der Waals surface area contributed by atoms with Crippen LogP contribution in [-0.4, -0.2) is 30.1 Å². The lowest BCUT2D eigenvalue weighted by Crippen LogP contribution is -2.15. The molecule has 0 N–H and O–H groups in total. The fourth-order valence-corrected chi connectivity index (χ4v) is 2.89. The molecule has 3 aromatic rings. The van der Waals surface area contributed by atoms with E-state index in [1.807, 2.05) is 42.5 Å². The van der Waals surface area contributed by atoms with Crippen LogP contribution in [0.4, 0.5) is 0 Å². The Balaban J connectivity index is 1.99. The maximum Gasteiger partial charge on any atom is 0.357 e. The van der Waals surface area contributed by atoms with Crippen molar-refractivity contribution in [3.8, 4) is 16.9 Å². The van der Waals surface area contributed by atoms with Gasteiger partial charge in [-0.1, -0.05) is 48.5 Å². The summed E-state index contributed by atoms with van der Waals surface area (Å²) in [6.45, 7) is 3.64. The summed E-state index contributed by atoms with van der Waals surface area (Å²) in [6, 6.07) is 18.1. The van der Waals surface area contributed by atoms with Gasteiger partial charge in [0.2, 0.25) is 0 Å². The van der Waals surface area contributed by atoms with Gasteiger partial charge in [-0.2, -0.15) is 0 Å². The molecule has 0 aliphatic heterocycles. The highest BCUT2D eigenvalue weighted by atomic mass is 16.5. The van der Waals surface area contributed by atoms with Crippen molar-refractivity contribution < 1.29 is 23.8 Å². The Morgan fingerprint density at radius 1 is 0.933 bits per heavy atom. The third-order valence-corrected chi connectivity index (χ3v) is 4.29. The van der Waals surface area contributed by atoms with Crippen molar-refractivity contribution in [2.45, 2.75) is 26.6 Å². The van der Waals surface area contributed by atoms with Gasteiger partial charge in [-0.3, -0.25) is 0 Å². The van der Waals surface area contributed by atoms with Crippen molar-refractivity contribution in [1.82, 2.24) is 4.98 Å². The van der Waals surface area contributed by atoms with Crippen LogP contribution in [0.3, 0.4) is 0 Å². The first-order valence-electron chi connectivity index (χ1n) is 9.55. The number of hydrogen-bond donors (Lipinski definition) is 0. The molecular weight excluding hydrogens is 382 g/mol. The number of carbonyl (C=O) groups is 2. The molecule has 1 heterocycles. The predicted molar refractivity (Wildman–Crippen MR) is 112 cm³/mol. The van der Waals surface area contributed by atoms with Crippen molar-refractivity contribution in [3.05, 3.63) is 83.7 Å². The van der Waals surface area contributed by atoms with Gasteiger partial charge in [-0.15, -0.1) is 0 Å². The summed E-state index contributed by atoms with van der Waals surface area (Å²) in [5.74, 6) is -0.551. The molecule has 2 aromatic carbocycles. The molecule has 0 aliphatic rings. The van der Waals surface area contributed by atoms with Gasteiger partial charge in [0, 0.05) is 17.3 Å². The number of benzene rings is 2. The van der Waals surface area contributed by atoms with Gasteiger partial charge >= 0.3 is 11.9 Å². The van der Waals surface area contributed by atoms with Gasteiger partial charge in [-0.05, 0) is 31.5 Å². The number of pyridine rings is 1. The van der Waals surface area contributed by atoms with Crippen molar-refractivity contribution in [2.24, 2.45) is 0 Å². The Hall–Kier alpha value is -3.67. The molecule has 6 nitrogen and oxygen atoms in total. The number of esters is 2. The lowest BCUT2D eigenvalue weighted by atomic mass is 9.99. The molecule has 0 aliphatic carbocycles. The van der Waals surface area contributed by atoms with Gasteiger partial charge in [0.15, 0.2) is 0 Å². The number of aromatic nitrogens is 1. The summed E-state index contributed by atoms with van der Waals surface area (Å²) in [7, 11) is 1.54. The van der Waals surface area contributed by atoms with E-state index in [2.05, 4.69) is 4.98 Å². The zero-order chi connectivity index (χ0) is 21.5. The number of hydrogen-bond acceptors (Lipinski definition) is 6. The van der Waals surface area contributed by atoms with E-state index in [-0.39, 0.29) is 24.0 Å². The van der Waals surface area contributed by atoms with E-state index in [4.69, 9.17) is 14.2 Å². The zero-order valence-electron chi connectivity index (χ0n) is 17.1. The summed E-state index contributed by atoms with van der Waals surface area (Å²) >= 11 is 0. The molecule has 154 valence electrons. The molecule has 30 heavy (non-hydrogen) atoms. The van der Waals surface area contributed by atoms with Gasteiger partial charge < -0.3 is 14.2 Å². The Labute approximate surface area is 175 Å². The SMILES string of the molecule is COc1ccccc1-c1cc(C(=O)OC(C)C)ncc1C(=O)OCc1ccccc1. The fourth-order valence-electron chi connectivity index (χ4n) is 2.89. The van der Waals surface area contributed by atoms with Gasteiger partial charge in [-0.25, -0.2) is 14.6 Å². The van der Waals surface area contributed by atoms with Crippen LogP contribution in [0, 0.1) is 0 Å². The van der Waals surface area contributed by atoms with E-state index >= 15 is 0 Å². The topological polar surface area (TPSA) is 74.7 Å². The van der Waals surface area contributed by atoms with Crippen molar-refractivity contribution in [1.29, 1.82) is 0 Å². The predicted octanol–water partition coefficient (Wildman–Crippen LogP) is 4.68. The van der Waals surface area contributed by atoms with Crippen LogP contribution in [0.2, 0.25) is 0 Å². The second kappa shape index (κ2) is 9.69. The van der Waals surface area contributed by atoms with E-state index < -0.39 is 11.9 Å². The van der Waals surface area contributed by atoms with E-state index in [1.54, 1.807) is 33.1 Å². The van der Waals surface area contributed by atoms with Crippen LogP contribution < -0.4 is 4.74 Å². The second-order valence-electron chi connectivity index (χ2n) is 6.83. The van der Waals surface area contributed by atoms with Crippen LogP contribution in [0.5, 0.6) is 5.75 Å². The Kier molecular flexibility index (Phi) is 6.80. The lowest BCUT2D eigenvalue weighted by molar-refractivity contribution is 0.0368. The van der Waals surface area contributed by atoms with Crippen LogP contribution in [0.25, 0.3) is 11.1 Å². The summed E-state index contributed by atoms with van der Waals surface area (Å²) < 4.78 is 16.2. The number of rotatable bonds is 7. The van der Waals surface area contributed by atoms with Gasteiger partial charge in [0.25, 0.3) is 0 Å². The smallest absolute Gasteiger partial charge is 0.357 e. The number of ether oxygens (including phenoxy) is 3. The molecule has 0 spiro atoms. The molecule has 0 radical (unpaired) electrons. The molecular formula is C24H23NO5. The van der Waals surface area contributed by atoms with Crippen LogP contribution >= 0.6 is 0 Å². The van der Waals surface area contributed by atoms with Crippen LogP contribution in [0.1, 0.15) is 40.3 Å². The van der Waals surface area contributed by atoms with Crippen molar-refractivity contribution in [3.63, 3.8) is 0 Å². The first kappa shape index (κ1) is 21.0. The highest BCUT2D eigenvalue weighted by Crippen LogP contribution is 2.33. The number of carbonyl (C=O) groups excluding carboxylic acids is 2. The van der Waals surface area contributed by atoms with Gasteiger partial charge in [0.05, 0.1) is 18.8 Å². The molecule has 0 unspecified atom stereocenters. The summed E-state index contributed by atoms with van der Waals surface area (Å²) in [6.07, 6.45) is 1.05. The first-order chi connectivity index (χ1) is 14.5. The first-order valence-corrected chi connectivity index (χ1v) is 9.55. The second-order valence-corrected chi connectivity index (χ2v) is 6.83. The highest BCUT2D eigenvalue weighted by Gasteiger charge is 2.21. The van der Waals surface area contributed by atoms with E-state index in [0.29, 0.717) is 16.9 Å². The highest BCUT2D eigenvalue weighted by molar-refractivity contribution is 6.00. The van der Waals surface area contributed by atoms with Crippen LogP contribution in [0.15, 0.2) is 66.9 Å². The maximum atomic E-state index is 12.9. The molecule has 1 aromatic heterocycles. The average Bonchev–Trinajstić information content (AvgIpc) is 2.77. The largest absolute Gasteiger partial charge is 0.496 e. The molecule has 6 heteroatoms. The minimum absolute atomic E-state index is 0.101. The summed E-state index contributed by atoms with van der Waals surface area (Å²) in [4.78, 5) is 29.3. The van der Waals surface area contributed by atoms with E-state index in [0.717, 1.165) is 5.56 Å². The normalized spacial score (nSPS) is 10.5. The fraction of sp³-hybridized carbons (Fsp3) is 0.208. The third kappa shape index (κ3) is 5.03. The minimum atomic E-state index is -0.564. The zero-order valence-corrected chi connectivity index (χ0v) is 17.1. The Bertz CT molecular complexity index is 1030. The quantitative estimate of drug-likeness (QED) is 0.532. The molecule has 3 rings (SSSR count). The van der Waals surface area contributed by atoms with Crippen LogP contribution in [-0.2, 0) is 16.1 Å². The monoisotopic (exact) mass is 405 g/mol.